The third kappa shape index (κ3) is 11.2. The van der Waals surface area contributed by atoms with Gasteiger partial charge in [0.05, 0.1) is 18.8 Å². The number of aliphatic hydroxyl groups excluding tert-OH is 1. The van der Waals surface area contributed by atoms with Crippen LogP contribution in [0.25, 0.3) is 0 Å². The Hall–Kier alpha value is -0.650. The smallest absolute Gasteiger partial charge is 0.236 e. The van der Waals surface area contributed by atoms with Gasteiger partial charge in [-0.25, -0.2) is 0 Å². The van der Waals surface area contributed by atoms with Crippen LogP contribution >= 0.6 is 0 Å². The maximum atomic E-state index is 11.2. The van der Waals surface area contributed by atoms with Gasteiger partial charge in [0, 0.05) is 20.2 Å². The number of aliphatic hydroxyl groups is 1. The number of carbonyl (C=O) groups excluding carboxylic acids is 1. The molecule has 20 heavy (non-hydrogen) atoms. The molecule has 5 heteroatoms. The lowest BCUT2D eigenvalue weighted by Crippen LogP contribution is -2.44. The second kappa shape index (κ2) is 13.3. The number of hydrogen-bond acceptors (Lipinski definition) is 4. The van der Waals surface area contributed by atoms with Gasteiger partial charge in [0.2, 0.25) is 5.91 Å². The lowest BCUT2D eigenvalue weighted by Gasteiger charge is -2.16. The second-order valence-corrected chi connectivity index (χ2v) is 5.24. The molecule has 0 bridgehead atoms. The first-order chi connectivity index (χ1) is 9.61. The van der Waals surface area contributed by atoms with Crippen LogP contribution in [0.15, 0.2) is 0 Å². The fourth-order valence-corrected chi connectivity index (χ4v) is 1.88. The first-order valence-electron chi connectivity index (χ1n) is 7.82. The van der Waals surface area contributed by atoms with Crippen molar-refractivity contribution < 1.29 is 14.6 Å². The normalized spacial score (nSPS) is 14.0. The molecule has 1 amide bonds. The molecule has 0 spiro atoms. The van der Waals surface area contributed by atoms with Gasteiger partial charge in [0.1, 0.15) is 0 Å². The van der Waals surface area contributed by atoms with E-state index in [1.807, 2.05) is 0 Å². The predicted octanol–water partition coefficient (Wildman–Crippen LogP) is 1.45. The molecule has 0 aliphatic carbocycles. The molecule has 0 saturated carbocycles. The summed E-state index contributed by atoms with van der Waals surface area (Å²) in [5.74, 6) is -0.0785. The summed E-state index contributed by atoms with van der Waals surface area (Å²) in [5.41, 5.74) is 0. The molecule has 0 heterocycles. The molecular formula is C15H32N2O3. The van der Waals surface area contributed by atoms with Crippen molar-refractivity contribution >= 4 is 5.91 Å². The lowest BCUT2D eigenvalue weighted by molar-refractivity contribution is -0.122. The van der Waals surface area contributed by atoms with Gasteiger partial charge in [-0.05, 0) is 13.3 Å². The highest BCUT2D eigenvalue weighted by atomic mass is 16.5. The topological polar surface area (TPSA) is 70.6 Å². The molecular weight excluding hydrogens is 256 g/mol. The van der Waals surface area contributed by atoms with Crippen molar-refractivity contribution in [1.82, 2.24) is 10.6 Å². The average Bonchev–Trinajstić information content (AvgIpc) is 2.46. The van der Waals surface area contributed by atoms with E-state index in [1.165, 1.54) is 32.1 Å². The van der Waals surface area contributed by atoms with Crippen molar-refractivity contribution in [3.8, 4) is 0 Å². The third-order valence-electron chi connectivity index (χ3n) is 3.25. The Kier molecular flexibility index (Phi) is 12.9. The highest BCUT2D eigenvalue weighted by Gasteiger charge is 2.12. The molecule has 120 valence electrons. The van der Waals surface area contributed by atoms with Crippen LogP contribution in [-0.2, 0) is 9.53 Å². The minimum absolute atomic E-state index is 0.0785. The number of unbranched alkanes of at least 4 members (excludes halogenated alkanes) is 5. The zero-order valence-corrected chi connectivity index (χ0v) is 13.3. The van der Waals surface area contributed by atoms with Crippen LogP contribution in [0.2, 0.25) is 0 Å². The van der Waals surface area contributed by atoms with Crippen LogP contribution in [-0.4, -0.2) is 50.0 Å². The number of ether oxygens (including phenoxy) is 1. The molecule has 2 unspecified atom stereocenters. The van der Waals surface area contributed by atoms with Crippen LogP contribution in [0.4, 0.5) is 0 Å². The fourth-order valence-electron chi connectivity index (χ4n) is 1.88. The highest BCUT2D eigenvalue weighted by molar-refractivity contribution is 5.80. The van der Waals surface area contributed by atoms with Crippen LogP contribution in [0, 0.1) is 0 Å². The Labute approximate surface area is 123 Å². The van der Waals surface area contributed by atoms with Gasteiger partial charge < -0.3 is 20.5 Å². The van der Waals surface area contributed by atoms with Gasteiger partial charge in [-0.15, -0.1) is 0 Å². The molecule has 0 rings (SSSR count). The molecule has 2 atom stereocenters. The van der Waals surface area contributed by atoms with Gasteiger partial charge in [-0.1, -0.05) is 39.0 Å². The van der Waals surface area contributed by atoms with E-state index in [2.05, 4.69) is 17.6 Å². The zero-order valence-electron chi connectivity index (χ0n) is 13.3. The quantitative estimate of drug-likeness (QED) is 0.449. The van der Waals surface area contributed by atoms with E-state index in [0.29, 0.717) is 19.8 Å². The minimum Gasteiger partial charge on any atom is -0.389 e. The molecule has 0 aromatic heterocycles. The number of rotatable bonds is 13. The Morgan fingerprint density at radius 3 is 2.50 bits per heavy atom. The van der Waals surface area contributed by atoms with Gasteiger partial charge in [-0.2, -0.15) is 0 Å². The minimum atomic E-state index is -0.567. The van der Waals surface area contributed by atoms with Crippen molar-refractivity contribution in [2.75, 3.05) is 26.8 Å². The summed E-state index contributed by atoms with van der Waals surface area (Å²) in [4.78, 5) is 11.2. The van der Waals surface area contributed by atoms with E-state index in [-0.39, 0.29) is 11.9 Å². The van der Waals surface area contributed by atoms with Crippen molar-refractivity contribution in [2.24, 2.45) is 0 Å². The lowest BCUT2D eigenvalue weighted by atomic mass is 10.1. The van der Waals surface area contributed by atoms with Crippen molar-refractivity contribution in [1.29, 1.82) is 0 Å². The summed E-state index contributed by atoms with van der Waals surface area (Å²) in [5, 5.41) is 15.2. The number of amides is 1. The van der Waals surface area contributed by atoms with Crippen LogP contribution in [0.3, 0.4) is 0 Å². The van der Waals surface area contributed by atoms with Crippen molar-refractivity contribution in [3.05, 3.63) is 0 Å². The Morgan fingerprint density at radius 1 is 1.20 bits per heavy atom. The monoisotopic (exact) mass is 288 g/mol. The van der Waals surface area contributed by atoms with E-state index in [1.54, 1.807) is 14.0 Å². The van der Waals surface area contributed by atoms with Gasteiger partial charge in [-0.3, -0.25) is 4.79 Å². The van der Waals surface area contributed by atoms with Crippen LogP contribution in [0.1, 0.15) is 52.4 Å². The van der Waals surface area contributed by atoms with Crippen molar-refractivity contribution in [2.45, 2.75) is 64.5 Å². The average molecular weight is 288 g/mol. The molecule has 0 aromatic rings. The molecule has 0 fully saturated rings. The molecule has 0 aromatic carbocycles. The molecule has 0 saturated heterocycles. The third-order valence-corrected chi connectivity index (χ3v) is 3.25. The largest absolute Gasteiger partial charge is 0.389 e. The van der Waals surface area contributed by atoms with Gasteiger partial charge >= 0.3 is 0 Å². The Bertz CT molecular complexity index is 237. The van der Waals surface area contributed by atoms with E-state index in [0.717, 1.165) is 6.42 Å². The van der Waals surface area contributed by atoms with Crippen LogP contribution in [0.5, 0.6) is 0 Å². The van der Waals surface area contributed by atoms with Gasteiger partial charge in [0.15, 0.2) is 0 Å². The summed E-state index contributed by atoms with van der Waals surface area (Å²) < 4.78 is 5.43. The predicted molar refractivity (Wildman–Crippen MR) is 81.7 cm³/mol. The Morgan fingerprint density at radius 2 is 1.85 bits per heavy atom. The van der Waals surface area contributed by atoms with Gasteiger partial charge in [0.25, 0.3) is 0 Å². The van der Waals surface area contributed by atoms with E-state index in [4.69, 9.17) is 4.74 Å². The first kappa shape index (κ1) is 19.4. The summed E-state index contributed by atoms with van der Waals surface area (Å²) in [6, 6.07) is -0.298. The summed E-state index contributed by atoms with van der Waals surface area (Å²) >= 11 is 0. The molecule has 0 radical (unpaired) electrons. The van der Waals surface area contributed by atoms with E-state index in [9.17, 15) is 9.90 Å². The van der Waals surface area contributed by atoms with Crippen molar-refractivity contribution in [3.63, 3.8) is 0 Å². The summed E-state index contributed by atoms with van der Waals surface area (Å²) in [6.45, 7) is 5.37. The molecule has 0 aliphatic heterocycles. The van der Waals surface area contributed by atoms with E-state index >= 15 is 0 Å². The fraction of sp³-hybridized carbons (Fsp3) is 0.933. The maximum absolute atomic E-state index is 11.2. The summed E-state index contributed by atoms with van der Waals surface area (Å²) in [7, 11) is 1.60. The number of nitrogens with one attached hydrogen (secondary N) is 2. The van der Waals surface area contributed by atoms with E-state index < -0.39 is 6.10 Å². The molecule has 0 aliphatic rings. The highest BCUT2D eigenvalue weighted by Crippen LogP contribution is 2.04. The standard InChI is InChI=1S/C15H32N2O3/c1-4-5-6-7-8-9-10-20-12-14(18)11-17-13(2)15(19)16-3/h13-14,17-18H,4-12H2,1-3H3,(H,16,19). The zero-order chi connectivity index (χ0) is 15.2. The first-order valence-corrected chi connectivity index (χ1v) is 7.82. The number of hydrogen-bond donors (Lipinski definition) is 3. The molecule has 5 nitrogen and oxygen atoms in total. The second-order valence-electron chi connectivity index (χ2n) is 5.24. The number of likely N-dealkylation sites (N-methyl/N-ethyl adjacent to an activating group) is 1. The number of carbonyl (C=O) groups is 1. The molecule has 3 N–H and O–H groups in total. The SMILES string of the molecule is CCCCCCCCOCC(O)CNC(C)C(=O)NC. The maximum Gasteiger partial charge on any atom is 0.236 e. The Balaban J connectivity index is 3.36. The summed E-state index contributed by atoms with van der Waals surface area (Å²) in [6.07, 6.45) is 6.84. The van der Waals surface area contributed by atoms with Crippen LogP contribution < -0.4 is 10.6 Å².